The molecule has 5 nitrogen and oxygen atoms in total. The Morgan fingerprint density at radius 1 is 1.69 bits per heavy atom. The monoisotopic (exact) mass is 220 g/mol. The van der Waals surface area contributed by atoms with Crippen molar-refractivity contribution >= 4 is 11.5 Å². The van der Waals surface area contributed by atoms with Crippen molar-refractivity contribution in [3.63, 3.8) is 0 Å². The first-order valence-electron chi connectivity index (χ1n) is 5.39. The molecule has 0 radical (unpaired) electrons. The normalized spacial score (nSPS) is 21.4. The van der Waals surface area contributed by atoms with E-state index in [2.05, 4.69) is 22.0 Å². The maximum Gasteiger partial charge on any atom is 0.172 e. The number of amidine groups is 1. The van der Waals surface area contributed by atoms with Crippen LogP contribution in [0, 0.1) is 5.92 Å². The van der Waals surface area contributed by atoms with E-state index in [1.165, 1.54) is 6.42 Å². The third kappa shape index (κ3) is 1.93. The van der Waals surface area contributed by atoms with Gasteiger partial charge >= 0.3 is 0 Å². The number of nitrogens with zero attached hydrogens (tertiary/aromatic N) is 3. The molecule has 0 spiro atoms. The van der Waals surface area contributed by atoms with E-state index in [0.717, 1.165) is 24.3 Å². The summed E-state index contributed by atoms with van der Waals surface area (Å²) in [6, 6.07) is 1.77. The van der Waals surface area contributed by atoms with Crippen LogP contribution in [0.2, 0.25) is 0 Å². The van der Waals surface area contributed by atoms with Crippen LogP contribution in [0.15, 0.2) is 23.6 Å². The average molecular weight is 220 g/mol. The Labute approximate surface area is 94.6 Å². The molecule has 0 saturated carbocycles. The lowest BCUT2D eigenvalue weighted by atomic mass is 10.2. The van der Waals surface area contributed by atoms with E-state index in [0.29, 0.717) is 5.92 Å². The molecule has 0 aliphatic carbocycles. The van der Waals surface area contributed by atoms with Crippen molar-refractivity contribution in [1.82, 2.24) is 4.98 Å². The molecule has 1 aliphatic rings. The second-order valence-corrected chi connectivity index (χ2v) is 4.22. The smallest absolute Gasteiger partial charge is 0.172 e. The third-order valence-electron chi connectivity index (χ3n) is 2.95. The van der Waals surface area contributed by atoms with Crippen molar-refractivity contribution in [3.05, 3.63) is 24.0 Å². The van der Waals surface area contributed by atoms with Gasteiger partial charge < -0.3 is 15.8 Å². The Morgan fingerprint density at radius 3 is 3.12 bits per heavy atom. The van der Waals surface area contributed by atoms with Gasteiger partial charge in [0, 0.05) is 24.8 Å². The summed E-state index contributed by atoms with van der Waals surface area (Å²) in [7, 11) is 0. The van der Waals surface area contributed by atoms with E-state index in [-0.39, 0.29) is 5.84 Å². The largest absolute Gasteiger partial charge is 0.409 e. The number of aromatic nitrogens is 1. The molecule has 16 heavy (non-hydrogen) atoms. The fourth-order valence-electron chi connectivity index (χ4n) is 2.06. The van der Waals surface area contributed by atoms with Gasteiger partial charge in [-0.3, -0.25) is 4.98 Å². The second-order valence-electron chi connectivity index (χ2n) is 4.22. The van der Waals surface area contributed by atoms with Gasteiger partial charge in [-0.1, -0.05) is 12.1 Å². The lowest BCUT2D eigenvalue weighted by Gasteiger charge is -2.20. The molecule has 2 rings (SSSR count). The first kappa shape index (κ1) is 10.7. The number of hydrogen-bond acceptors (Lipinski definition) is 4. The number of rotatable bonds is 2. The molecule has 1 aromatic rings. The van der Waals surface area contributed by atoms with E-state index >= 15 is 0 Å². The van der Waals surface area contributed by atoms with Gasteiger partial charge in [0.05, 0.1) is 11.9 Å². The van der Waals surface area contributed by atoms with E-state index in [1.54, 1.807) is 18.5 Å². The van der Waals surface area contributed by atoms with Crippen molar-refractivity contribution < 1.29 is 5.21 Å². The highest BCUT2D eigenvalue weighted by Crippen LogP contribution is 2.25. The van der Waals surface area contributed by atoms with Crippen molar-refractivity contribution in [3.8, 4) is 0 Å². The van der Waals surface area contributed by atoms with Crippen LogP contribution in [0.4, 0.5) is 5.69 Å². The first-order chi connectivity index (χ1) is 7.72. The molecule has 3 N–H and O–H groups in total. The quantitative estimate of drug-likeness (QED) is 0.338. The first-order valence-corrected chi connectivity index (χ1v) is 5.39. The van der Waals surface area contributed by atoms with Gasteiger partial charge in [-0.2, -0.15) is 0 Å². The van der Waals surface area contributed by atoms with E-state index in [4.69, 9.17) is 10.9 Å². The zero-order valence-corrected chi connectivity index (χ0v) is 9.30. The molecule has 1 fully saturated rings. The zero-order chi connectivity index (χ0) is 11.5. The van der Waals surface area contributed by atoms with Gasteiger partial charge in [0.2, 0.25) is 0 Å². The Balaban J connectivity index is 2.33. The van der Waals surface area contributed by atoms with Crippen molar-refractivity contribution in [2.24, 2.45) is 16.8 Å². The lowest BCUT2D eigenvalue weighted by Crippen LogP contribution is -2.24. The molecule has 1 unspecified atom stereocenters. The summed E-state index contributed by atoms with van der Waals surface area (Å²) >= 11 is 0. The zero-order valence-electron chi connectivity index (χ0n) is 9.30. The van der Waals surface area contributed by atoms with Crippen LogP contribution in [0.5, 0.6) is 0 Å². The van der Waals surface area contributed by atoms with E-state index in [1.807, 2.05) is 0 Å². The molecule has 1 atom stereocenters. The van der Waals surface area contributed by atoms with E-state index < -0.39 is 0 Å². The lowest BCUT2D eigenvalue weighted by molar-refractivity contribution is 0.318. The fraction of sp³-hybridized carbons (Fsp3) is 0.455. The second kappa shape index (κ2) is 4.38. The molecular formula is C11H16N4O. The Morgan fingerprint density at radius 2 is 2.50 bits per heavy atom. The maximum absolute atomic E-state index is 8.73. The highest BCUT2D eigenvalue weighted by molar-refractivity contribution is 6.02. The van der Waals surface area contributed by atoms with Crippen molar-refractivity contribution in [2.75, 3.05) is 18.0 Å². The fourth-order valence-corrected chi connectivity index (χ4v) is 2.06. The number of nitrogens with two attached hydrogens (primary N) is 1. The van der Waals surface area contributed by atoms with Crippen molar-refractivity contribution in [1.29, 1.82) is 0 Å². The Kier molecular flexibility index (Phi) is 2.94. The molecule has 2 heterocycles. The molecular weight excluding hydrogens is 204 g/mol. The minimum Gasteiger partial charge on any atom is -0.409 e. The highest BCUT2D eigenvalue weighted by Gasteiger charge is 2.22. The van der Waals surface area contributed by atoms with Gasteiger partial charge in [-0.25, -0.2) is 0 Å². The molecule has 5 heteroatoms. The third-order valence-corrected chi connectivity index (χ3v) is 2.95. The SMILES string of the molecule is CC1CCN(c2cnccc2/C(N)=N/O)C1. The van der Waals surface area contributed by atoms with Crippen LogP contribution in [-0.4, -0.2) is 29.1 Å². The van der Waals surface area contributed by atoms with Crippen molar-refractivity contribution in [2.45, 2.75) is 13.3 Å². The maximum atomic E-state index is 8.73. The van der Waals surface area contributed by atoms with Crippen LogP contribution in [0.25, 0.3) is 0 Å². The summed E-state index contributed by atoms with van der Waals surface area (Å²) in [5, 5.41) is 11.8. The molecule has 1 aromatic heterocycles. The van der Waals surface area contributed by atoms with Gasteiger partial charge in [-0.05, 0) is 18.4 Å². The van der Waals surface area contributed by atoms with Crippen LogP contribution in [0.3, 0.4) is 0 Å². The van der Waals surface area contributed by atoms with Crippen LogP contribution in [-0.2, 0) is 0 Å². The minimum atomic E-state index is 0.136. The van der Waals surface area contributed by atoms with Crippen LogP contribution >= 0.6 is 0 Å². The Bertz CT molecular complexity index is 405. The predicted octanol–water partition coefficient (Wildman–Crippen LogP) is 1.02. The number of anilines is 1. The number of hydrogen-bond donors (Lipinski definition) is 2. The minimum absolute atomic E-state index is 0.136. The molecule has 86 valence electrons. The highest BCUT2D eigenvalue weighted by atomic mass is 16.4. The topological polar surface area (TPSA) is 74.7 Å². The average Bonchev–Trinajstić information content (AvgIpc) is 2.75. The van der Waals surface area contributed by atoms with Crippen LogP contribution in [0.1, 0.15) is 18.9 Å². The standard InChI is InChI=1S/C11H16N4O/c1-8-3-5-15(7-8)10-6-13-4-2-9(10)11(12)14-16/h2,4,6,8,16H,3,5,7H2,1H3,(H2,12,14). The number of pyridine rings is 1. The summed E-state index contributed by atoms with van der Waals surface area (Å²) in [6.45, 7) is 4.22. The molecule has 1 saturated heterocycles. The summed E-state index contributed by atoms with van der Waals surface area (Å²) < 4.78 is 0. The van der Waals surface area contributed by atoms with Crippen LogP contribution < -0.4 is 10.6 Å². The molecule has 0 aromatic carbocycles. The van der Waals surface area contributed by atoms with Gasteiger partial charge in [0.1, 0.15) is 0 Å². The Hall–Kier alpha value is -1.78. The molecule has 1 aliphatic heterocycles. The summed E-state index contributed by atoms with van der Waals surface area (Å²) in [5.74, 6) is 0.817. The number of oxime groups is 1. The summed E-state index contributed by atoms with van der Waals surface area (Å²) in [6.07, 6.45) is 4.59. The van der Waals surface area contributed by atoms with Gasteiger partial charge in [0.15, 0.2) is 5.84 Å². The predicted molar refractivity (Wildman–Crippen MR) is 62.7 cm³/mol. The van der Waals surface area contributed by atoms with Gasteiger partial charge in [0.25, 0.3) is 0 Å². The van der Waals surface area contributed by atoms with E-state index in [9.17, 15) is 0 Å². The van der Waals surface area contributed by atoms with Gasteiger partial charge in [-0.15, -0.1) is 0 Å². The summed E-state index contributed by atoms with van der Waals surface area (Å²) in [4.78, 5) is 6.33. The summed E-state index contributed by atoms with van der Waals surface area (Å²) in [5.41, 5.74) is 7.33. The molecule has 0 amide bonds. The molecule has 0 bridgehead atoms.